The highest BCUT2D eigenvalue weighted by atomic mass is 16.5. The van der Waals surface area contributed by atoms with Crippen LogP contribution >= 0.6 is 0 Å². The second kappa shape index (κ2) is 9.33. The van der Waals surface area contributed by atoms with Gasteiger partial charge in [-0.15, -0.1) is 10.2 Å². The molecular formula is C20H34N6O2. The molecular weight excluding hydrogens is 356 g/mol. The second-order valence-electron chi connectivity index (χ2n) is 8.36. The van der Waals surface area contributed by atoms with Crippen molar-refractivity contribution in [2.75, 3.05) is 39.3 Å². The standard InChI is InChI=1S/C20H34N6O2/c1-16(20(27)21-14-17-6-5-13-28-17)25-11-9-24(10-12-25)15-19-23-22-18-7-3-2-4-8-26(18)19/h16-17H,2-15H2,1H3,(H,21,27)/t16-,17-/m1/s1. The van der Waals surface area contributed by atoms with Gasteiger partial charge in [0, 0.05) is 52.3 Å². The van der Waals surface area contributed by atoms with Crippen LogP contribution in [0.25, 0.3) is 0 Å². The average molecular weight is 391 g/mol. The Labute approximate surface area is 167 Å². The molecule has 2 atom stereocenters. The lowest BCUT2D eigenvalue weighted by atomic mass is 10.2. The zero-order chi connectivity index (χ0) is 19.3. The summed E-state index contributed by atoms with van der Waals surface area (Å²) in [5, 5.41) is 11.9. The van der Waals surface area contributed by atoms with Crippen LogP contribution in [0.1, 0.15) is 50.7 Å². The van der Waals surface area contributed by atoms with Crippen LogP contribution in [0.3, 0.4) is 0 Å². The summed E-state index contributed by atoms with van der Waals surface area (Å²) in [5.41, 5.74) is 0. The SMILES string of the molecule is C[C@H](C(=O)NC[C@H]1CCCO1)N1CCN(Cc2nnc3n2CCCCC3)CC1. The molecule has 0 bridgehead atoms. The predicted molar refractivity (Wildman–Crippen MR) is 106 cm³/mol. The van der Waals surface area contributed by atoms with Crippen molar-refractivity contribution >= 4 is 5.91 Å². The van der Waals surface area contributed by atoms with Crippen molar-refractivity contribution in [1.29, 1.82) is 0 Å². The van der Waals surface area contributed by atoms with E-state index in [2.05, 4.69) is 29.9 Å². The van der Waals surface area contributed by atoms with Gasteiger partial charge in [0.1, 0.15) is 11.6 Å². The minimum absolute atomic E-state index is 0.0899. The Hall–Kier alpha value is -1.51. The van der Waals surface area contributed by atoms with E-state index in [0.717, 1.165) is 76.8 Å². The molecule has 28 heavy (non-hydrogen) atoms. The Morgan fingerprint density at radius 3 is 2.79 bits per heavy atom. The van der Waals surface area contributed by atoms with Gasteiger partial charge < -0.3 is 14.6 Å². The molecule has 2 fully saturated rings. The molecule has 3 aliphatic rings. The highest BCUT2D eigenvalue weighted by Gasteiger charge is 2.27. The van der Waals surface area contributed by atoms with Gasteiger partial charge >= 0.3 is 0 Å². The zero-order valence-electron chi connectivity index (χ0n) is 17.1. The number of aromatic nitrogens is 3. The fourth-order valence-electron chi connectivity index (χ4n) is 4.50. The molecule has 8 heteroatoms. The Bertz CT molecular complexity index is 649. The topological polar surface area (TPSA) is 75.5 Å². The fraction of sp³-hybridized carbons (Fsp3) is 0.850. The molecule has 156 valence electrons. The Kier molecular flexibility index (Phi) is 6.59. The maximum atomic E-state index is 12.5. The van der Waals surface area contributed by atoms with E-state index in [0.29, 0.717) is 6.54 Å². The maximum Gasteiger partial charge on any atom is 0.237 e. The van der Waals surface area contributed by atoms with Crippen LogP contribution in [-0.2, 0) is 29.0 Å². The van der Waals surface area contributed by atoms with Gasteiger partial charge in [0.05, 0.1) is 18.7 Å². The molecule has 0 saturated carbocycles. The Morgan fingerprint density at radius 1 is 1.14 bits per heavy atom. The molecule has 1 N–H and O–H groups in total. The Balaban J connectivity index is 1.23. The van der Waals surface area contributed by atoms with Crippen LogP contribution in [0.4, 0.5) is 0 Å². The van der Waals surface area contributed by atoms with Crippen molar-refractivity contribution in [2.24, 2.45) is 0 Å². The van der Waals surface area contributed by atoms with Crippen molar-refractivity contribution in [3.63, 3.8) is 0 Å². The number of rotatable bonds is 6. The van der Waals surface area contributed by atoms with Crippen molar-refractivity contribution in [1.82, 2.24) is 29.9 Å². The number of carbonyl (C=O) groups is 1. The summed E-state index contributed by atoms with van der Waals surface area (Å²) in [5.74, 6) is 2.38. The first-order valence-corrected chi connectivity index (χ1v) is 11.0. The molecule has 4 heterocycles. The minimum atomic E-state index is -0.0899. The van der Waals surface area contributed by atoms with Crippen LogP contribution in [0.2, 0.25) is 0 Å². The highest BCUT2D eigenvalue weighted by molar-refractivity contribution is 5.81. The third-order valence-corrected chi connectivity index (χ3v) is 6.41. The van der Waals surface area contributed by atoms with E-state index < -0.39 is 0 Å². The van der Waals surface area contributed by atoms with Crippen LogP contribution in [-0.4, -0.2) is 81.9 Å². The van der Waals surface area contributed by atoms with Gasteiger partial charge in [-0.25, -0.2) is 0 Å². The predicted octanol–water partition coefficient (Wildman–Crippen LogP) is 0.806. The van der Waals surface area contributed by atoms with Gasteiger partial charge in [-0.05, 0) is 32.6 Å². The fourth-order valence-corrected chi connectivity index (χ4v) is 4.50. The molecule has 0 spiro atoms. The molecule has 0 radical (unpaired) electrons. The number of piperazine rings is 1. The molecule has 1 aromatic heterocycles. The molecule has 8 nitrogen and oxygen atoms in total. The number of fused-ring (bicyclic) bond motifs is 1. The lowest BCUT2D eigenvalue weighted by Gasteiger charge is -2.37. The van der Waals surface area contributed by atoms with Gasteiger partial charge in [-0.1, -0.05) is 6.42 Å². The molecule has 0 unspecified atom stereocenters. The van der Waals surface area contributed by atoms with E-state index in [-0.39, 0.29) is 18.1 Å². The largest absolute Gasteiger partial charge is 0.376 e. The quantitative estimate of drug-likeness (QED) is 0.775. The molecule has 0 aromatic carbocycles. The van der Waals surface area contributed by atoms with E-state index in [1.165, 1.54) is 19.3 Å². The van der Waals surface area contributed by atoms with E-state index in [4.69, 9.17) is 4.74 Å². The molecule has 4 rings (SSSR count). The normalized spacial score (nSPS) is 25.2. The van der Waals surface area contributed by atoms with Crippen LogP contribution < -0.4 is 5.32 Å². The summed E-state index contributed by atoms with van der Waals surface area (Å²) in [4.78, 5) is 17.2. The number of nitrogens with zero attached hydrogens (tertiary/aromatic N) is 5. The number of aryl methyl sites for hydroxylation is 1. The van der Waals surface area contributed by atoms with Crippen molar-refractivity contribution in [2.45, 2.75) is 70.7 Å². The minimum Gasteiger partial charge on any atom is -0.376 e. The lowest BCUT2D eigenvalue weighted by Crippen LogP contribution is -2.54. The molecule has 1 amide bonds. The number of hydrogen-bond donors (Lipinski definition) is 1. The van der Waals surface area contributed by atoms with E-state index in [1.54, 1.807) is 0 Å². The summed E-state index contributed by atoms with van der Waals surface area (Å²) in [6.45, 7) is 9.15. The van der Waals surface area contributed by atoms with Gasteiger partial charge in [0.2, 0.25) is 5.91 Å². The number of ether oxygens (including phenoxy) is 1. The van der Waals surface area contributed by atoms with Crippen molar-refractivity contribution in [3.8, 4) is 0 Å². The monoisotopic (exact) mass is 390 g/mol. The third-order valence-electron chi connectivity index (χ3n) is 6.41. The number of amides is 1. The first-order chi connectivity index (χ1) is 13.7. The van der Waals surface area contributed by atoms with Crippen molar-refractivity contribution in [3.05, 3.63) is 11.6 Å². The van der Waals surface area contributed by atoms with Crippen LogP contribution in [0.15, 0.2) is 0 Å². The summed E-state index contributed by atoms with van der Waals surface area (Å²) in [7, 11) is 0. The smallest absolute Gasteiger partial charge is 0.237 e. The number of hydrogen-bond acceptors (Lipinski definition) is 6. The lowest BCUT2D eigenvalue weighted by molar-refractivity contribution is -0.127. The van der Waals surface area contributed by atoms with E-state index in [9.17, 15) is 4.79 Å². The maximum absolute atomic E-state index is 12.5. The molecule has 0 aliphatic carbocycles. The van der Waals surface area contributed by atoms with Gasteiger partial charge in [0.25, 0.3) is 0 Å². The first-order valence-electron chi connectivity index (χ1n) is 11.0. The molecule has 1 aromatic rings. The summed E-state index contributed by atoms with van der Waals surface area (Å²) < 4.78 is 7.93. The van der Waals surface area contributed by atoms with Crippen LogP contribution in [0.5, 0.6) is 0 Å². The summed E-state index contributed by atoms with van der Waals surface area (Å²) >= 11 is 0. The summed E-state index contributed by atoms with van der Waals surface area (Å²) in [6, 6.07) is -0.0899. The van der Waals surface area contributed by atoms with E-state index >= 15 is 0 Å². The second-order valence-corrected chi connectivity index (χ2v) is 8.36. The van der Waals surface area contributed by atoms with Gasteiger partial charge in [0.15, 0.2) is 0 Å². The third kappa shape index (κ3) is 4.72. The molecule has 3 aliphatic heterocycles. The summed E-state index contributed by atoms with van der Waals surface area (Å²) in [6.07, 6.45) is 7.15. The number of nitrogens with one attached hydrogen (secondary N) is 1. The number of carbonyl (C=O) groups excluding carboxylic acids is 1. The van der Waals surface area contributed by atoms with Gasteiger partial charge in [-0.3, -0.25) is 14.6 Å². The van der Waals surface area contributed by atoms with E-state index in [1.807, 2.05) is 6.92 Å². The van der Waals surface area contributed by atoms with Gasteiger partial charge in [-0.2, -0.15) is 0 Å². The Morgan fingerprint density at radius 2 is 2.00 bits per heavy atom. The van der Waals surface area contributed by atoms with Crippen molar-refractivity contribution < 1.29 is 9.53 Å². The van der Waals surface area contributed by atoms with Crippen LogP contribution in [0, 0.1) is 0 Å². The molecule has 2 saturated heterocycles. The average Bonchev–Trinajstić information content (AvgIpc) is 3.31. The zero-order valence-corrected chi connectivity index (χ0v) is 17.1. The first kappa shape index (κ1) is 19.8. The highest BCUT2D eigenvalue weighted by Crippen LogP contribution is 2.17.